The summed E-state index contributed by atoms with van der Waals surface area (Å²) in [6.07, 6.45) is 1.70. The molecule has 0 bridgehead atoms. The third-order valence-electron chi connectivity index (χ3n) is 1.73. The van der Waals surface area contributed by atoms with E-state index < -0.39 is 0 Å². The number of benzene rings is 1. The highest BCUT2D eigenvalue weighted by Gasteiger charge is 1.99. The van der Waals surface area contributed by atoms with E-state index in [4.69, 9.17) is 4.42 Å². The van der Waals surface area contributed by atoms with Gasteiger partial charge in [0.15, 0.2) is 0 Å². The first-order valence-electron chi connectivity index (χ1n) is 3.41. The van der Waals surface area contributed by atoms with Gasteiger partial charge < -0.3 is 4.42 Å². The fraction of sp³-hybridized carbons (Fsp3) is 0.111. The number of rotatable bonds is 0. The van der Waals surface area contributed by atoms with Crippen molar-refractivity contribution in [2.45, 2.75) is 6.92 Å². The maximum absolute atomic E-state index is 5.22. The quantitative estimate of drug-likeness (QED) is 0.649. The summed E-state index contributed by atoms with van der Waals surface area (Å²) < 4.78 is 6.32. The Bertz CT molecular complexity index is 353. The summed E-state index contributed by atoms with van der Waals surface area (Å²) >= 11 is 3.44. The first-order chi connectivity index (χ1) is 5.27. The maximum atomic E-state index is 5.22. The normalized spacial score (nSPS) is 10.7. The molecule has 1 nitrogen and oxygen atoms in total. The second-order valence-electron chi connectivity index (χ2n) is 2.56. The minimum atomic E-state index is 0.933. The summed E-state index contributed by atoms with van der Waals surface area (Å²) in [5.74, 6) is 0. The van der Waals surface area contributed by atoms with E-state index in [2.05, 4.69) is 28.9 Å². The highest BCUT2D eigenvalue weighted by atomic mass is 79.9. The molecule has 0 fully saturated rings. The second kappa shape index (κ2) is 2.38. The van der Waals surface area contributed by atoms with Crippen LogP contribution in [0.2, 0.25) is 0 Å². The standard InChI is InChI=1S/C9H7BrO/c1-6-4-7-2-3-11-9(7)5-8(6)10/h2-5H,1H3. The Hall–Kier alpha value is -0.760. The lowest BCUT2D eigenvalue weighted by molar-refractivity contribution is 0.615. The average molecular weight is 211 g/mol. The number of aryl methyl sites for hydroxylation is 1. The zero-order chi connectivity index (χ0) is 7.84. The van der Waals surface area contributed by atoms with Crippen LogP contribution in [0.5, 0.6) is 0 Å². The Kier molecular flexibility index (Phi) is 1.50. The maximum Gasteiger partial charge on any atom is 0.134 e. The third-order valence-corrected chi connectivity index (χ3v) is 2.59. The molecule has 1 aromatic heterocycles. The van der Waals surface area contributed by atoms with E-state index >= 15 is 0 Å². The SMILES string of the molecule is Cc1cc2ccoc2cc1Br. The zero-order valence-electron chi connectivity index (χ0n) is 6.10. The molecular weight excluding hydrogens is 204 g/mol. The van der Waals surface area contributed by atoms with Crippen molar-refractivity contribution >= 4 is 26.9 Å². The van der Waals surface area contributed by atoms with E-state index in [9.17, 15) is 0 Å². The summed E-state index contributed by atoms with van der Waals surface area (Å²) in [4.78, 5) is 0. The number of halogens is 1. The molecule has 2 aromatic rings. The van der Waals surface area contributed by atoms with Gasteiger partial charge >= 0.3 is 0 Å². The molecule has 0 aliphatic heterocycles. The van der Waals surface area contributed by atoms with Crippen LogP contribution in [0.1, 0.15) is 5.56 Å². The first-order valence-corrected chi connectivity index (χ1v) is 4.20. The molecule has 0 unspecified atom stereocenters. The van der Waals surface area contributed by atoms with Crippen molar-refractivity contribution in [3.63, 3.8) is 0 Å². The molecule has 2 rings (SSSR count). The van der Waals surface area contributed by atoms with Crippen molar-refractivity contribution in [1.82, 2.24) is 0 Å². The minimum Gasteiger partial charge on any atom is -0.464 e. The Balaban J connectivity index is 2.86. The Morgan fingerprint density at radius 2 is 2.18 bits per heavy atom. The Labute approximate surface area is 73.1 Å². The molecule has 0 radical (unpaired) electrons. The molecule has 0 amide bonds. The fourth-order valence-electron chi connectivity index (χ4n) is 1.10. The number of hydrogen-bond donors (Lipinski definition) is 0. The summed E-state index contributed by atoms with van der Waals surface area (Å²) in [5.41, 5.74) is 2.17. The Morgan fingerprint density at radius 3 is 3.00 bits per heavy atom. The zero-order valence-corrected chi connectivity index (χ0v) is 7.68. The van der Waals surface area contributed by atoms with Gasteiger partial charge in [-0.05, 0) is 30.7 Å². The van der Waals surface area contributed by atoms with Crippen LogP contribution in [0.15, 0.2) is 33.4 Å². The van der Waals surface area contributed by atoms with Crippen LogP contribution >= 0.6 is 15.9 Å². The van der Waals surface area contributed by atoms with E-state index in [1.54, 1.807) is 6.26 Å². The lowest BCUT2D eigenvalue weighted by atomic mass is 10.2. The van der Waals surface area contributed by atoms with Crippen LogP contribution in [0.25, 0.3) is 11.0 Å². The number of fused-ring (bicyclic) bond motifs is 1. The fourth-order valence-corrected chi connectivity index (χ4v) is 1.42. The van der Waals surface area contributed by atoms with Crippen LogP contribution in [0.3, 0.4) is 0 Å². The number of hydrogen-bond acceptors (Lipinski definition) is 1. The van der Waals surface area contributed by atoms with E-state index in [1.165, 1.54) is 5.56 Å². The molecule has 1 aromatic carbocycles. The molecule has 56 valence electrons. The third kappa shape index (κ3) is 1.07. The molecular formula is C9H7BrO. The van der Waals surface area contributed by atoms with Gasteiger partial charge in [-0.1, -0.05) is 15.9 Å². The van der Waals surface area contributed by atoms with E-state index in [0.717, 1.165) is 15.4 Å². The molecule has 0 aliphatic rings. The predicted octanol–water partition coefficient (Wildman–Crippen LogP) is 3.50. The topological polar surface area (TPSA) is 13.1 Å². The summed E-state index contributed by atoms with van der Waals surface area (Å²) in [6, 6.07) is 6.06. The lowest BCUT2D eigenvalue weighted by Gasteiger charge is -1.95. The summed E-state index contributed by atoms with van der Waals surface area (Å²) in [6.45, 7) is 2.07. The minimum absolute atomic E-state index is 0.933. The van der Waals surface area contributed by atoms with Crippen molar-refractivity contribution in [2.24, 2.45) is 0 Å². The molecule has 0 saturated heterocycles. The molecule has 0 N–H and O–H groups in total. The van der Waals surface area contributed by atoms with Crippen molar-refractivity contribution in [3.05, 3.63) is 34.5 Å². The lowest BCUT2D eigenvalue weighted by Crippen LogP contribution is -1.73. The molecule has 0 saturated carbocycles. The molecule has 11 heavy (non-hydrogen) atoms. The van der Waals surface area contributed by atoms with Crippen LogP contribution in [-0.4, -0.2) is 0 Å². The van der Waals surface area contributed by atoms with Crippen molar-refractivity contribution in [1.29, 1.82) is 0 Å². The molecule has 0 aliphatic carbocycles. The molecule has 1 heterocycles. The van der Waals surface area contributed by atoms with Crippen LogP contribution in [0, 0.1) is 6.92 Å². The average Bonchev–Trinajstić information content (AvgIpc) is 2.36. The van der Waals surface area contributed by atoms with Gasteiger partial charge in [0, 0.05) is 9.86 Å². The largest absolute Gasteiger partial charge is 0.464 e. The van der Waals surface area contributed by atoms with Crippen molar-refractivity contribution < 1.29 is 4.42 Å². The highest BCUT2D eigenvalue weighted by molar-refractivity contribution is 9.10. The molecule has 0 spiro atoms. The van der Waals surface area contributed by atoms with Gasteiger partial charge in [-0.2, -0.15) is 0 Å². The van der Waals surface area contributed by atoms with Crippen molar-refractivity contribution in [2.75, 3.05) is 0 Å². The van der Waals surface area contributed by atoms with Gasteiger partial charge in [0.25, 0.3) is 0 Å². The second-order valence-corrected chi connectivity index (χ2v) is 3.41. The smallest absolute Gasteiger partial charge is 0.134 e. The van der Waals surface area contributed by atoms with Gasteiger partial charge in [0.2, 0.25) is 0 Å². The first kappa shape index (κ1) is 6.92. The summed E-state index contributed by atoms with van der Waals surface area (Å²) in [7, 11) is 0. The van der Waals surface area contributed by atoms with E-state index in [0.29, 0.717) is 0 Å². The highest BCUT2D eigenvalue weighted by Crippen LogP contribution is 2.24. The van der Waals surface area contributed by atoms with Crippen LogP contribution in [-0.2, 0) is 0 Å². The van der Waals surface area contributed by atoms with Crippen molar-refractivity contribution in [3.8, 4) is 0 Å². The molecule has 2 heteroatoms. The monoisotopic (exact) mass is 210 g/mol. The van der Waals surface area contributed by atoms with E-state index in [-0.39, 0.29) is 0 Å². The summed E-state index contributed by atoms with van der Waals surface area (Å²) in [5, 5.41) is 1.16. The predicted molar refractivity (Wildman–Crippen MR) is 48.7 cm³/mol. The van der Waals surface area contributed by atoms with Gasteiger partial charge in [0.05, 0.1) is 6.26 Å². The number of furan rings is 1. The van der Waals surface area contributed by atoms with E-state index in [1.807, 2.05) is 12.1 Å². The van der Waals surface area contributed by atoms with Gasteiger partial charge in [-0.15, -0.1) is 0 Å². The molecule has 0 atom stereocenters. The van der Waals surface area contributed by atoms with Crippen LogP contribution in [0.4, 0.5) is 0 Å². The van der Waals surface area contributed by atoms with Gasteiger partial charge in [-0.3, -0.25) is 0 Å². The van der Waals surface area contributed by atoms with Crippen LogP contribution < -0.4 is 0 Å². The van der Waals surface area contributed by atoms with Gasteiger partial charge in [0.1, 0.15) is 5.58 Å². The van der Waals surface area contributed by atoms with Gasteiger partial charge in [-0.25, -0.2) is 0 Å². The Morgan fingerprint density at radius 1 is 1.36 bits per heavy atom.